The van der Waals surface area contributed by atoms with Gasteiger partial charge in [-0.3, -0.25) is 0 Å². The molecule has 2 rings (SSSR count). The molecular formula is C13H19F3N2S. The molecule has 0 spiro atoms. The third-order valence-electron chi connectivity index (χ3n) is 3.38. The molecule has 108 valence electrons. The minimum atomic E-state index is -4.09. The van der Waals surface area contributed by atoms with E-state index in [0.29, 0.717) is 10.9 Å². The Kier molecular flexibility index (Phi) is 4.84. The zero-order chi connectivity index (χ0) is 13.9. The monoisotopic (exact) mass is 292 g/mol. The van der Waals surface area contributed by atoms with Crippen LogP contribution in [0.15, 0.2) is 0 Å². The van der Waals surface area contributed by atoms with E-state index in [-0.39, 0.29) is 6.42 Å². The Morgan fingerprint density at radius 1 is 1.42 bits per heavy atom. The topological polar surface area (TPSA) is 24.9 Å². The number of likely N-dealkylation sites (N-methyl/N-ethyl adjacent to an activating group) is 1. The van der Waals surface area contributed by atoms with E-state index >= 15 is 0 Å². The number of aromatic nitrogens is 1. The van der Waals surface area contributed by atoms with Crippen LogP contribution in [0.3, 0.4) is 0 Å². The Morgan fingerprint density at radius 2 is 2.21 bits per heavy atom. The van der Waals surface area contributed by atoms with E-state index < -0.39 is 12.6 Å². The SMILES string of the molecule is CCNCC1CCCc2sc(CCC(F)(F)F)nc21. The molecule has 0 amide bonds. The Balaban J connectivity index is 2.03. The van der Waals surface area contributed by atoms with Gasteiger partial charge >= 0.3 is 6.18 Å². The lowest BCUT2D eigenvalue weighted by molar-refractivity contribution is -0.134. The third-order valence-corrected chi connectivity index (χ3v) is 4.57. The van der Waals surface area contributed by atoms with Crippen molar-refractivity contribution < 1.29 is 13.2 Å². The number of thiazole rings is 1. The molecular weight excluding hydrogens is 273 g/mol. The van der Waals surface area contributed by atoms with Crippen LogP contribution in [-0.4, -0.2) is 24.2 Å². The summed E-state index contributed by atoms with van der Waals surface area (Å²) in [4.78, 5) is 5.67. The first-order valence-electron chi connectivity index (χ1n) is 6.75. The van der Waals surface area contributed by atoms with Gasteiger partial charge in [0.1, 0.15) is 0 Å². The van der Waals surface area contributed by atoms with E-state index in [4.69, 9.17) is 0 Å². The Bertz CT molecular complexity index is 415. The number of rotatable bonds is 5. The van der Waals surface area contributed by atoms with Crippen LogP contribution in [0.5, 0.6) is 0 Å². The van der Waals surface area contributed by atoms with Gasteiger partial charge in [0.15, 0.2) is 0 Å². The van der Waals surface area contributed by atoms with Gasteiger partial charge in [-0.2, -0.15) is 13.2 Å². The number of alkyl halides is 3. The van der Waals surface area contributed by atoms with Gasteiger partial charge in [-0.25, -0.2) is 4.98 Å². The summed E-state index contributed by atoms with van der Waals surface area (Å²) in [5.74, 6) is 0.375. The largest absolute Gasteiger partial charge is 0.389 e. The Hall–Kier alpha value is -0.620. The summed E-state index contributed by atoms with van der Waals surface area (Å²) in [6.07, 6.45) is -1.66. The standard InChI is InChI=1S/C13H19F3N2S/c1-2-17-8-9-4-3-5-10-12(9)18-11(19-10)6-7-13(14,15)16/h9,17H,2-8H2,1H3. The van der Waals surface area contributed by atoms with Gasteiger partial charge in [0.25, 0.3) is 0 Å². The predicted octanol–water partition coefficient (Wildman–Crippen LogP) is 3.67. The summed E-state index contributed by atoms with van der Waals surface area (Å²) in [6, 6.07) is 0. The summed E-state index contributed by atoms with van der Waals surface area (Å²) in [5.41, 5.74) is 1.05. The van der Waals surface area contributed by atoms with Crippen LogP contribution in [-0.2, 0) is 12.8 Å². The fourth-order valence-electron chi connectivity index (χ4n) is 2.43. The number of halogens is 3. The molecule has 0 bridgehead atoms. The lowest BCUT2D eigenvalue weighted by Crippen LogP contribution is -2.24. The summed E-state index contributed by atoms with van der Waals surface area (Å²) >= 11 is 1.47. The van der Waals surface area contributed by atoms with E-state index in [1.807, 2.05) is 0 Å². The third kappa shape index (κ3) is 4.18. The molecule has 0 aliphatic heterocycles. The second-order valence-electron chi connectivity index (χ2n) is 4.93. The maximum absolute atomic E-state index is 12.2. The van der Waals surface area contributed by atoms with Crippen LogP contribution in [0.2, 0.25) is 0 Å². The highest BCUT2D eigenvalue weighted by molar-refractivity contribution is 7.11. The van der Waals surface area contributed by atoms with E-state index in [9.17, 15) is 13.2 Å². The molecule has 19 heavy (non-hydrogen) atoms. The molecule has 0 radical (unpaired) electrons. The second kappa shape index (κ2) is 6.22. The van der Waals surface area contributed by atoms with Crippen molar-refractivity contribution in [1.29, 1.82) is 0 Å². The van der Waals surface area contributed by atoms with Crippen LogP contribution in [0.1, 0.15) is 47.7 Å². The highest BCUT2D eigenvalue weighted by Gasteiger charge is 2.29. The van der Waals surface area contributed by atoms with E-state index in [0.717, 1.165) is 38.0 Å². The zero-order valence-electron chi connectivity index (χ0n) is 11.0. The summed E-state index contributed by atoms with van der Waals surface area (Å²) in [6.45, 7) is 3.85. The number of hydrogen-bond donors (Lipinski definition) is 1. The number of fused-ring (bicyclic) bond motifs is 1. The van der Waals surface area contributed by atoms with Crippen molar-refractivity contribution in [3.8, 4) is 0 Å². The normalized spacial score (nSPS) is 19.5. The quantitative estimate of drug-likeness (QED) is 0.895. The van der Waals surface area contributed by atoms with Crippen LogP contribution < -0.4 is 5.32 Å². The van der Waals surface area contributed by atoms with Crippen molar-refractivity contribution in [1.82, 2.24) is 10.3 Å². The van der Waals surface area contributed by atoms with Crippen LogP contribution in [0.4, 0.5) is 13.2 Å². The molecule has 0 fully saturated rings. The van der Waals surface area contributed by atoms with Gasteiger partial charge < -0.3 is 5.32 Å². The van der Waals surface area contributed by atoms with Crippen LogP contribution in [0.25, 0.3) is 0 Å². The van der Waals surface area contributed by atoms with Crippen LogP contribution >= 0.6 is 11.3 Å². The molecule has 1 unspecified atom stereocenters. The van der Waals surface area contributed by atoms with E-state index in [2.05, 4.69) is 17.2 Å². The Labute approximate surface area is 115 Å². The molecule has 1 aromatic heterocycles. The average molecular weight is 292 g/mol. The van der Waals surface area contributed by atoms with Gasteiger partial charge in [-0.15, -0.1) is 11.3 Å². The molecule has 2 nitrogen and oxygen atoms in total. The maximum atomic E-state index is 12.2. The number of nitrogens with one attached hydrogen (secondary N) is 1. The fraction of sp³-hybridized carbons (Fsp3) is 0.769. The summed E-state index contributed by atoms with van der Waals surface area (Å²) < 4.78 is 36.7. The smallest absolute Gasteiger partial charge is 0.316 e. The lowest BCUT2D eigenvalue weighted by Gasteiger charge is -2.21. The van der Waals surface area contributed by atoms with Gasteiger partial charge in [-0.1, -0.05) is 6.92 Å². The van der Waals surface area contributed by atoms with E-state index in [1.54, 1.807) is 0 Å². The van der Waals surface area contributed by atoms with Crippen molar-refractivity contribution in [2.24, 2.45) is 0 Å². The van der Waals surface area contributed by atoms with Crippen molar-refractivity contribution in [2.75, 3.05) is 13.1 Å². The van der Waals surface area contributed by atoms with Crippen LogP contribution in [0, 0.1) is 0 Å². The van der Waals surface area contributed by atoms with Crippen molar-refractivity contribution >= 4 is 11.3 Å². The minimum absolute atomic E-state index is 0.0229. The van der Waals surface area contributed by atoms with Crippen molar-refractivity contribution in [3.63, 3.8) is 0 Å². The van der Waals surface area contributed by atoms with Gasteiger partial charge in [0.05, 0.1) is 10.7 Å². The lowest BCUT2D eigenvalue weighted by atomic mass is 9.91. The van der Waals surface area contributed by atoms with Crippen molar-refractivity contribution in [2.45, 2.75) is 51.1 Å². The number of nitrogens with zero attached hydrogens (tertiary/aromatic N) is 1. The molecule has 1 heterocycles. The first kappa shape index (κ1) is 14.8. The minimum Gasteiger partial charge on any atom is -0.316 e. The van der Waals surface area contributed by atoms with Gasteiger partial charge in [0, 0.05) is 30.2 Å². The first-order valence-corrected chi connectivity index (χ1v) is 7.57. The maximum Gasteiger partial charge on any atom is 0.389 e. The van der Waals surface area contributed by atoms with Crippen molar-refractivity contribution in [3.05, 3.63) is 15.6 Å². The molecule has 1 aliphatic carbocycles. The first-order chi connectivity index (χ1) is 8.99. The van der Waals surface area contributed by atoms with Gasteiger partial charge in [0.2, 0.25) is 0 Å². The zero-order valence-corrected chi connectivity index (χ0v) is 11.8. The number of hydrogen-bond acceptors (Lipinski definition) is 3. The average Bonchev–Trinajstić information content (AvgIpc) is 2.76. The van der Waals surface area contributed by atoms with E-state index in [1.165, 1.54) is 16.2 Å². The summed E-state index contributed by atoms with van der Waals surface area (Å²) in [5, 5.41) is 3.95. The molecule has 0 saturated carbocycles. The highest BCUT2D eigenvalue weighted by atomic mass is 32.1. The predicted molar refractivity (Wildman–Crippen MR) is 70.7 cm³/mol. The van der Waals surface area contributed by atoms with Gasteiger partial charge in [-0.05, 0) is 25.8 Å². The molecule has 1 atom stereocenters. The Morgan fingerprint density at radius 3 is 2.89 bits per heavy atom. The molecule has 1 aliphatic rings. The molecule has 0 saturated heterocycles. The second-order valence-corrected chi connectivity index (χ2v) is 6.10. The molecule has 1 N–H and O–H groups in total. The fourth-order valence-corrected chi connectivity index (χ4v) is 3.63. The summed E-state index contributed by atoms with van der Waals surface area (Å²) in [7, 11) is 0. The highest BCUT2D eigenvalue weighted by Crippen LogP contribution is 2.35. The molecule has 6 heteroatoms. The molecule has 1 aromatic rings. The molecule has 0 aromatic carbocycles. The number of aryl methyl sites for hydroxylation is 2.